The predicted octanol–water partition coefficient (Wildman–Crippen LogP) is 1.63. The minimum atomic E-state index is -0.191. The Labute approximate surface area is 94.6 Å². The van der Waals surface area contributed by atoms with Gasteiger partial charge in [0.05, 0.1) is 10.4 Å². The molecule has 5 heteroatoms. The van der Waals surface area contributed by atoms with Gasteiger partial charge in [-0.3, -0.25) is 4.79 Å². The Morgan fingerprint density at radius 3 is 3.00 bits per heavy atom. The molecule has 1 rings (SSSR count). The van der Waals surface area contributed by atoms with Gasteiger partial charge >= 0.3 is 0 Å². The van der Waals surface area contributed by atoms with Crippen molar-refractivity contribution in [2.45, 2.75) is 0 Å². The Morgan fingerprint density at radius 1 is 1.64 bits per heavy atom. The molecule has 1 amide bonds. The van der Waals surface area contributed by atoms with E-state index in [0.29, 0.717) is 0 Å². The summed E-state index contributed by atoms with van der Waals surface area (Å²) >= 11 is 4.89. The summed E-state index contributed by atoms with van der Waals surface area (Å²) in [7, 11) is 0. The quantitative estimate of drug-likeness (QED) is 0.821. The van der Waals surface area contributed by atoms with Gasteiger partial charge < -0.3 is 10.4 Å². The molecule has 0 atom stereocenters. The number of halogens is 1. The van der Waals surface area contributed by atoms with Crippen LogP contribution in [0.3, 0.4) is 0 Å². The molecule has 0 aliphatic heterocycles. The third kappa shape index (κ3) is 4.04. The van der Waals surface area contributed by atoms with Crippen molar-refractivity contribution < 1.29 is 9.90 Å². The van der Waals surface area contributed by atoms with E-state index in [1.807, 2.05) is 12.1 Å². The summed E-state index contributed by atoms with van der Waals surface area (Å²) in [6, 6.07) is 3.85. The minimum absolute atomic E-state index is 0.0376. The maximum Gasteiger partial charge on any atom is 0.244 e. The summed E-state index contributed by atoms with van der Waals surface area (Å²) in [6.45, 7) is 0.251. The Kier molecular flexibility index (Phi) is 4.86. The van der Waals surface area contributed by atoms with E-state index in [4.69, 9.17) is 5.11 Å². The highest BCUT2D eigenvalue weighted by Crippen LogP contribution is 2.22. The topological polar surface area (TPSA) is 49.3 Å². The molecule has 14 heavy (non-hydrogen) atoms. The number of thiophene rings is 1. The molecule has 1 heterocycles. The number of carbonyl (C=O) groups is 1. The van der Waals surface area contributed by atoms with Crippen molar-refractivity contribution in [3.8, 4) is 0 Å². The molecular formula is C9H10BrNO2S. The number of hydrogen-bond donors (Lipinski definition) is 2. The van der Waals surface area contributed by atoms with Crippen LogP contribution in [0.25, 0.3) is 6.08 Å². The van der Waals surface area contributed by atoms with E-state index in [-0.39, 0.29) is 19.1 Å². The first-order chi connectivity index (χ1) is 6.72. The molecule has 0 unspecified atom stereocenters. The van der Waals surface area contributed by atoms with Crippen LogP contribution in [-0.2, 0) is 4.79 Å². The van der Waals surface area contributed by atoms with Crippen molar-refractivity contribution in [1.29, 1.82) is 0 Å². The first-order valence-corrected chi connectivity index (χ1v) is 5.65. The lowest BCUT2D eigenvalue weighted by molar-refractivity contribution is -0.116. The Balaban J connectivity index is 2.43. The average molecular weight is 276 g/mol. The fraction of sp³-hybridized carbons (Fsp3) is 0.222. The monoisotopic (exact) mass is 275 g/mol. The molecule has 0 aliphatic rings. The van der Waals surface area contributed by atoms with E-state index in [1.165, 1.54) is 6.08 Å². The molecule has 0 saturated carbocycles. The second kappa shape index (κ2) is 5.95. The van der Waals surface area contributed by atoms with E-state index in [9.17, 15) is 4.79 Å². The van der Waals surface area contributed by atoms with Crippen LogP contribution >= 0.6 is 27.3 Å². The molecule has 0 aliphatic carbocycles. The fourth-order valence-corrected chi connectivity index (χ4v) is 2.14. The zero-order valence-electron chi connectivity index (χ0n) is 7.37. The second-order valence-corrected chi connectivity index (χ2v) is 4.98. The zero-order valence-corrected chi connectivity index (χ0v) is 9.77. The second-order valence-electron chi connectivity index (χ2n) is 2.49. The number of aliphatic hydroxyl groups excluding tert-OH is 1. The molecule has 1 aromatic heterocycles. The van der Waals surface area contributed by atoms with Gasteiger partial charge in [-0.25, -0.2) is 0 Å². The third-order valence-electron chi connectivity index (χ3n) is 1.40. The van der Waals surface area contributed by atoms with Crippen LogP contribution in [0.15, 0.2) is 22.0 Å². The normalized spacial score (nSPS) is 10.7. The van der Waals surface area contributed by atoms with Crippen molar-refractivity contribution in [3.63, 3.8) is 0 Å². The van der Waals surface area contributed by atoms with Gasteiger partial charge in [0, 0.05) is 17.5 Å². The van der Waals surface area contributed by atoms with Gasteiger partial charge in [-0.05, 0) is 34.1 Å². The average Bonchev–Trinajstić information content (AvgIpc) is 2.58. The van der Waals surface area contributed by atoms with Crippen LogP contribution in [0.1, 0.15) is 4.88 Å². The van der Waals surface area contributed by atoms with Gasteiger partial charge in [-0.2, -0.15) is 0 Å². The van der Waals surface area contributed by atoms with Crippen LogP contribution < -0.4 is 5.32 Å². The third-order valence-corrected chi connectivity index (χ3v) is 2.99. The van der Waals surface area contributed by atoms with E-state index in [0.717, 1.165) is 8.66 Å². The minimum Gasteiger partial charge on any atom is -0.395 e. The lowest BCUT2D eigenvalue weighted by Gasteiger charge is -1.95. The number of hydrogen-bond acceptors (Lipinski definition) is 3. The van der Waals surface area contributed by atoms with Crippen LogP contribution in [0.5, 0.6) is 0 Å². The highest BCUT2D eigenvalue weighted by molar-refractivity contribution is 9.11. The molecular weight excluding hydrogens is 266 g/mol. The fourth-order valence-electron chi connectivity index (χ4n) is 0.814. The standard InChI is InChI=1S/C9H10BrNO2S/c10-8-3-1-7(14-8)2-4-9(13)11-5-6-12/h1-4,12H,5-6H2,(H,11,13)/b4-2+. The van der Waals surface area contributed by atoms with Gasteiger partial charge in [0.1, 0.15) is 0 Å². The summed E-state index contributed by atoms with van der Waals surface area (Å²) in [5.74, 6) is -0.191. The maximum atomic E-state index is 11.1. The first kappa shape index (κ1) is 11.4. The predicted molar refractivity (Wildman–Crippen MR) is 61.1 cm³/mol. The summed E-state index contributed by atoms with van der Waals surface area (Å²) in [5.41, 5.74) is 0. The van der Waals surface area contributed by atoms with Gasteiger partial charge in [-0.1, -0.05) is 0 Å². The largest absolute Gasteiger partial charge is 0.395 e. The maximum absolute atomic E-state index is 11.1. The lowest BCUT2D eigenvalue weighted by atomic mass is 10.4. The SMILES string of the molecule is O=C(/C=C/c1ccc(Br)s1)NCCO. The van der Waals surface area contributed by atoms with Gasteiger partial charge in [-0.15, -0.1) is 11.3 Å². The van der Waals surface area contributed by atoms with Crippen molar-refractivity contribution >= 4 is 39.2 Å². The molecule has 0 fully saturated rings. The number of nitrogens with one attached hydrogen (secondary N) is 1. The van der Waals surface area contributed by atoms with Crippen molar-refractivity contribution in [2.24, 2.45) is 0 Å². The van der Waals surface area contributed by atoms with Gasteiger partial charge in [0.25, 0.3) is 0 Å². The lowest BCUT2D eigenvalue weighted by Crippen LogP contribution is -2.24. The summed E-state index contributed by atoms with van der Waals surface area (Å²) in [6.07, 6.45) is 3.19. The molecule has 0 aromatic carbocycles. The molecule has 1 aromatic rings. The molecule has 2 N–H and O–H groups in total. The van der Waals surface area contributed by atoms with Crippen LogP contribution in [0.2, 0.25) is 0 Å². The van der Waals surface area contributed by atoms with Crippen LogP contribution in [0.4, 0.5) is 0 Å². The number of amides is 1. The molecule has 0 bridgehead atoms. The van der Waals surface area contributed by atoms with Gasteiger partial charge in [0.15, 0.2) is 0 Å². The van der Waals surface area contributed by atoms with Crippen molar-refractivity contribution in [3.05, 3.63) is 26.9 Å². The zero-order chi connectivity index (χ0) is 10.4. The molecule has 0 saturated heterocycles. The Hall–Kier alpha value is -0.650. The molecule has 3 nitrogen and oxygen atoms in total. The van der Waals surface area contributed by atoms with E-state index >= 15 is 0 Å². The number of aliphatic hydroxyl groups is 1. The number of carbonyl (C=O) groups excluding carboxylic acids is 1. The van der Waals surface area contributed by atoms with Crippen molar-refractivity contribution in [1.82, 2.24) is 5.32 Å². The van der Waals surface area contributed by atoms with Crippen molar-refractivity contribution in [2.75, 3.05) is 13.2 Å². The van der Waals surface area contributed by atoms with Gasteiger partial charge in [0.2, 0.25) is 5.91 Å². The van der Waals surface area contributed by atoms with Crippen LogP contribution in [0, 0.1) is 0 Å². The molecule has 0 spiro atoms. The highest BCUT2D eigenvalue weighted by atomic mass is 79.9. The molecule has 0 radical (unpaired) electrons. The Bertz CT molecular complexity index is 335. The first-order valence-electron chi connectivity index (χ1n) is 4.04. The summed E-state index contributed by atoms with van der Waals surface area (Å²) in [5, 5.41) is 11.0. The van der Waals surface area contributed by atoms with Crippen LogP contribution in [-0.4, -0.2) is 24.2 Å². The molecule has 76 valence electrons. The number of rotatable bonds is 4. The smallest absolute Gasteiger partial charge is 0.244 e. The summed E-state index contributed by atoms with van der Waals surface area (Å²) in [4.78, 5) is 12.1. The van der Waals surface area contributed by atoms with E-state index in [2.05, 4.69) is 21.2 Å². The van der Waals surface area contributed by atoms with E-state index in [1.54, 1.807) is 17.4 Å². The Morgan fingerprint density at radius 2 is 2.43 bits per heavy atom. The summed E-state index contributed by atoms with van der Waals surface area (Å²) < 4.78 is 1.04. The van der Waals surface area contributed by atoms with E-state index < -0.39 is 0 Å². The highest BCUT2D eigenvalue weighted by Gasteiger charge is 1.95.